The fraction of sp³-hybridized carbons (Fsp3) is 0.111. The molecular formula is C9H6F2N2O. The molecular weight excluding hydrogens is 190 g/mol. The van der Waals surface area contributed by atoms with E-state index in [0.29, 0.717) is 0 Å². The first-order valence-electron chi connectivity index (χ1n) is 3.69. The van der Waals surface area contributed by atoms with E-state index in [1.165, 1.54) is 13.1 Å². The van der Waals surface area contributed by atoms with E-state index in [1.54, 1.807) is 0 Å². The normalized spacial score (nSPS) is 9.29. The van der Waals surface area contributed by atoms with Crippen LogP contribution in [0, 0.1) is 23.0 Å². The van der Waals surface area contributed by atoms with E-state index in [4.69, 9.17) is 5.26 Å². The molecule has 0 aromatic heterocycles. The van der Waals surface area contributed by atoms with Gasteiger partial charge in [0.05, 0.1) is 5.69 Å². The molecule has 1 aromatic rings. The minimum absolute atomic E-state index is 0.253. The molecule has 0 aliphatic carbocycles. The van der Waals surface area contributed by atoms with Crippen molar-refractivity contribution in [3.63, 3.8) is 0 Å². The van der Waals surface area contributed by atoms with E-state index in [1.807, 2.05) is 0 Å². The fourth-order valence-corrected chi connectivity index (χ4v) is 0.927. The van der Waals surface area contributed by atoms with Gasteiger partial charge in [0.25, 0.3) is 0 Å². The fourth-order valence-electron chi connectivity index (χ4n) is 0.927. The van der Waals surface area contributed by atoms with Crippen LogP contribution in [-0.2, 0) is 4.79 Å². The molecule has 0 radical (unpaired) electrons. The molecule has 0 fully saturated rings. The van der Waals surface area contributed by atoms with Gasteiger partial charge in [0.1, 0.15) is 11.6 Å². The summed E-state index contributed by atoms with van der Waals surface area (Å²) in [5, 5.41) is 8.27. The molecule has 0 heterocycles. The summed E-state index contributed by atoms with van der Waals surface area (Å²) in [5.41, 5.74) is -0.253. The predicted molar refractivity (Wildman–Crippen MR) is 45.4 cm³/mol. The number of benzene rings is 1. The van der Waals surface area contributed by atoms with Crippen LogP contribution in [-0.4, -0.2) is 13.0 Å². The van der Waals surface area contributed by atoms with Crippen LogP contribution in [0.3, 0.4) is 0 Å². The minimum atomic E-state index is -0.950. The van der Waals surface area contributed by atoms with Gasteiger partial charge in [-0.25, -0.2) is 8.78 Å². The lowest BCUT2D eigenvalue weighted by molar-refractivity contribution is -0.113. The third-order valence-corrected chi connectivity index (χ3v) is 1.67. The summed E-state index contributed by atoms with van der Waals surface area (Å²) in [6.07, 6.45) is 0. The van der Waals surface area contributed by atoms with Crippen LogP contribution in [0.4, 0.5) is 14.5 Å². The molecule has 0 spiro atoms. The van der Waals surface area contributed by atoms with Gasteiger partial charge in [-0.05, 0) is 12.1 Å². The molecule has 0 unspecified atom stereocenters. The van der Waals surface area contributed by atoms with Crippen molar-refractivity contribution in [3.05, 3.63) is 29.8 Å². The smallest absolute Gasteiger partial charge is 0.300 e. The minimum Gasteiger partial charge on any atom is -0.300 e. The molecule has 1 amide bonds. The Morgan fingerprint density at radius 3 is 2.71 bits per heavy atom. The molecule has 5 heteroatoms. The molecule has 0 atom stereocenters. The van der Waals surface area contributed by atoms with Crippen LogP contribution in [0.25, 0.3) is 0 Å². The number of nitriles is 1. The first-order valence-corrected chi connectivity index (χ1v) is 3.69. The maximum Gasteiger partial charge on any atom is 0.329 e. The maximum absolute atomic E-state index is 13.0. The molecule has 3 nitrogen and oxygen atoms in total. The van der Waals surface area contributed by atoms with Gasteiger partial charge in [-0.3, -0.25) is 9.69 Å². The number of carbonyl (C=O) groups excluding carboxylic acids is 1. The van der Waals surface area contributed by atoms with Crippen molar-refractivity contribution in [3.8, 4) is 6.07 Å². The zero-order valence-electron chi connectivity index (χ0n) is 7.29. The van der Waals surface area contributed by atoms with E-state index in [-0.39, 0.29) is 5.69 Å². The Bertz CT molecular complexity index is 412. The molecule has 1 aromatic carbocycles. The van der Waals surface area contributed by atoms with E-state index in [0.717, 1.165) is 23.1 Å². The third kappa shape index (κ3) is 1.85. The zero-order chi connectivity index (χ0) is 10.7. The summed E-state index contributed by atoms with van der Waals surface area (Å²) < 4.78 is 25.7. The van der Waals surface area contributed by atoms with E-state index < -0.39 is 17.5 Å². The standard InChI is InChI=1S/C9H6F2N2O/c1-13(9(14)5-12)8-4-6(10)2-3-7(8)11/h2-4H,1H3. The second-order valence-corrected chi connectivity index (χ2v) is 2.57. The molecule has 1 rings (SSSR count). The first kappa shape index (κ1) is 10.1. The maximum atomic E-state index is 13.0. The van der Waals surface area contributed by atoms with Crippen molar-refractivity contribution in [2.45, 2.75) is 0 Å². The number of halogens is 2. The second-order valence-electron chi connectivity index (χ2n) is 2.57. The van der Waals surface area contributed by atoms with Gasteiger partial charge >= 0.3 is 5.91 Å². The SMILES string of the molecule is CN(C(=O)C#N)c1cc(F)ccc1F. The summed E-state index contributed by atoms with van der Waals surface area (Å²) in [5.74, 6) is -2.37. The largest absolute Gasteiger partial charge is 0.329 e. The lowest BCUT2D eigenvalue weighted by Gasteiger charge is -2.13. The highest BCUT2D eigenvalue weighted by atomic mass is 19.1. The number of carbonyl (C=O) groups is 1. The zero-order valence-corrected chi connectivity index (χ0v) is 7.29. The highest BCUT2D eigenvalue weighted by Crippen LogP contribution is 2.18. The Kier molecular flexibility index (Phi) is 2.77. The van der Waals surface area contributed by atoms with Crippen molar-refractivity contribution in [1.29, 1.82) is 5.26 Å². The predicted octanol–water partition coefficient (Wildman–Crippen LogP) is 1.45. The van der Waals surface area contributed by atoms with Crippen LogP contribution in [0.15, 0.2) is 18.2 Å². The summed E-state index contributed by atoms with van der Waals surface area (Å²) in [7, 11) is 1.20. The molecule has 0 aliphatic rings. The van der Waals surface area contributed by atoms with Crippen LogP contribution in [0.1, 0.15) is 0 Å². The molecule has 14 heavy (non-hydrogen) atoms. The van der Waals surface area contributed by atoms with Crippen molar-refractivity contribution in [2.75, 3.05) is 11.9 Å². The third-order valence-electron chi connectivity index (χ3n) is 1.67. The van der Waals surface area contributed by atoms with Gasteiger partial charge in [-0.15, -0.1) is 0 Å². The summed E-state index contributed by atoms with van der Waals surface area (Å²) in [6, 6.07) is 3.99. The van der Waals surface area contributed by atoms with Crippen molar-refractivity contribution >= 4 is 11.6 Å². The Morgan fingerprint density at radius 1 is 1.50 bits per heavy atom. The van der Waals surface area contributed by atoms with E-state index in [2.05, 4.69) is 0 Å². The van der Waals surface area contributed by atoms with Gasteiger partial charge in [0.2, 0.25) is 0 Å². The van der Waals surface area contributed by atoms with Crippen molar-refractivity contribution in [2.24, 2.45) is 0 Å². The molecule has 72 valence electrons. The van der Waals surface area contributed by atoms with Gasteiger partial charge in [0.15, 0.2) is 6.07 Å². The van der Waals surface area contributed by atoms with E-state index in [9.17, 15) is 13.6 Å². The van der Waals surface area contributed by atoms with Gasteiger partial charge in [0, 0.05) is 13.1 Å². The molecule has 0 N–H and O–H groups in total. The lowest BCUT2D eigenvalue weighted by Crippen LogP contribution is -2.25. The van der Waals surface area contributed by atoms with Crippen LogP contribution < -0.4 is 4.90 Å². The molecule has 0 bridgehead atoms. The van der Waals surface area contributed by atoms with Crippen LogP contribution >= 0.6 is 0 Å². The first-order chi connectivity index (χ1) is 6.56. The number of hydrogen-bond donors (Lipinski definition) is 0. The van der Waals surface area contributed by atoms with Crippen molar-refractivity contribution in [1.82, 2.24) is 0 Å². The average Bonchev–Trinajstić information content (AvgIpc) is 2.19. The van der Waals surface area contributed by atoms with Crippen molar-refractivity contribution < 1.29 is 13.6 Å². The number of hydrogen-bond acceptors (Lipinski definition) is 2. The number of anilines is 1. The van der Waals surface area contributed by atoms with Crippen LogP contribution in [0.2, 0.25) is 0 Å². The monoisotopic (exact) mass is 196 g/mol. The Balaban J connectivity index is 3.13. The average molecular weight is 196 g/mol. The number of rotatable bonds is 1. The Morgan fingerprint density at radius 2 is 2.14 bits per heavy atom. The lowest BCUT2D eigenvalue weighted by atomic mass is 10.2. The van der Waals surface area contributed by atoms with Gasteiger partial charge < -0.3 is 0 Å². The summed E-state index contributed by atoms with van der Waals surface area (Å²) >= 11 is 0. The Labute approximate surface area is 79.2 Å². The molecule has 0 saturated heterocycles. The van der Waals surface area contributed by atoms with E-state index >= 15 is 0 Å². The van der Waals surface area contributed by atoms with Gasteiger partial charge in [-0.2, -0.15) is 5.26 Å². The number of amides is 1. The second kappa shape index (κ2) is 3.83. The quantitative estimate of drug-likeness (QED) is 0.638. The number of nitrogens with zero attached hydrogens (tertiary/aromatic N) is 2. The summed E-state index contributed by atoms with van der Waals surface area (Å²) in [6.45, 7) is 0. The molecule has 0 saturated carbocycles. The highest BCUT2D eigenvalue weighted by molar-refractivity contribution is 6.03. The molecule has 0 aliphatic heterocycles. The van der Waals surface area contributed by atoms with Crippen LogP contribution in [0.5, 0.6) is 0 Å². The van der Waals surface area contributed by atoms with Gasteiger partial charge in [-0.1, -0.05) is 0 Å². The highest BCUT2D eigenvalue weighted by Gasteiger charge is 2.14. The Hall–Kier alpha value is -1.96. The summed E-state index contributed by atoms with van der Waals surface area (Å²) in [4.78, 5) is 11.6. The topological polar surface area (TPSA) is 44.1 Å².